The Morgan fingerprint density at radius 2 is 2.22 bits per heavy atom. The van der Waals surface area contributed by atoms with Crippen LogP contribution in [0.1, 0.15) is 13.3 Å². The standard InChI is InChI=1S/C16H20N4O4S3/c1-2-20(7-13(21)19-11-4-6-27(23,24)9-11)14(22)8-26-16-15-12(3-5-25-15)17-10-18-16/h3,5,10-11H,2,4,6-9H2,1H3,(H,19,21)/t11-/m0/s1. The molecule has 1 aliphatic heterocycles. The molecule has 146 valence electrons. The van der Waals surface area contributed by atoms with Crippen LogP contribution in [0.3, 0.4) is 0 Å². The second-order valence-electron chi connectivity index (χ2n) is 6.18. The van der Waals surface area contributed by atoms with Crippen molar-refractivity contribution in [2.75, 3.05) is 30.3 Å². The van der Waals surface area contributed by atoms with Crippen molar-refractivity contribution in [3.05, 3.63) is 17.8 Å². The number of likely N-dealkylation sites (N-methyl/N-ethyl adjacent to an activating group) is 1. The van der Waals surface area contributed by atoms with Crippen LogP contribution in [0.25, 0.3) is 10.2 Å². The minimum absolute atomic E-state index is 0.0286. The molecule has 0 aromatic carbocycles. The molecule has 1 N–H and O–H groups in total. The molecule has 1 saturated heterocycles. The van der Waals surface area contributed by atoms with Gasteiger partial charge < -0.3 is 10.2 Å². The molecule has 1 fully saturated rings. The van der Waals surface area contributed by atoms with Gasteiger partial charge in [-0.05, 0) is 24.8 Å². The highest BCUT2D eigenvalue weighted by Gasteiger charge is 2.29. The molecule has 0 radical (unpaired) electrons. The maximum atomic E-state index is 12.5. The Hall–Kier alpha value is -1.72. The minimum atomic E-state index is -3.05. The van der Waals surface area contributed by atoms with Crippen LogP contribution in [0.2, 0.25) is 0 Å². The maximum absolute atomic E-state index is 12.5. The summed E-state index contributed by atoms with van der Waals surface area (Å²) in [6.45, 7) is 2.12. The Labute approximate surface area is 165 Å². The molecule has 11 heteroatoms. The van der Waals surface area contributed by atoms with Gasteiger partial charge in [-0.15, -0.1) is 11.3 Å². The summed E-state index contributed by atoms with van der Waals surface area (Å²) in [5.74, 6) is -0.261. The summed E-state index contributed by atoms with van der Waals surface area (Å²) in [6, 6.07) is 1.54. The smallest absolute Gasteiger partial charge is 0.239 e. The number of rotatable bonds is 7. The van der Waals surface area contributed by atoms with Gasteiger partial charge in [0.15, 0.2) is 9.84 Å². The van der Waals surface area contributed by atoms with E-state index < -0.39 is 9.84 Å². The Balaban J connectivity index is 1.53. The first kappa shape index (κ1) is 20.0. The van der Waals surface area contributed by atoms with Gasteiger partial charge in [0.1, 0.15) is 11.4 Å². The number of carbonyl (C=O) groups is 2. The predicted molar refractivity (Wildman–Crippen MR) is 106 cm³/mol. The zero-order chi connectivity index (χ0) is 19.4. The van der Waals surface area contributed by atoms with Gasteiger partial charge in [-0.2, -0.15) is 0 Å². The molecule has 3 heterocycles. The normalized spacial score (nSPS) is 18.5. The lowest BCUT2D eigenvalue weighted by Crippen LogP contribution is -2.45. The Morgan fingerprint density at radius 3 is 2.93 bits per heavy atom. The molecular weight excluding hydrogens is 408 g/mol. The SMILES string of the molecule is CCN(CC(=O)N[C@H]1CCS(=O)(=O)C1)C(=O)CSc1ncnc2ccsc12. The monoisotopic (exact) mass is 428 g/mol. The van der Waals surface area contributed by atoms with Crippen molar-refractivity contribution in [1.29, 1.82) is 0 Å². The van der Waals surface area contributed by atoms with E-state index in [4.69, 9.17) is 0 Å². The van der Waals surface area contributed by atoms with Gasteiger partial charge in [0.25, 0.3) is 0 Å². The average Bonchev–Trinajstić information content (AvgIpc) is 3.23. The lowest BCUT2D eigenvalue weighted by Gasteiger charge is -2.21. The van der Waals surface area contributed by atoms with Crippen molar-refractivity contribution in [3.8, 4) is 0 Å². The van der Waals surface area contributed by atoms with Crippen LogP contribution >= 0.6 is 23.1 Å². The van der Waals surface area contributed by atoms with Gasteiger partial charge in [-0.25, -0.2) is 18.4 Å². The summed E-state index contributed by atoms with van der Waals surface area (Å²) in [5, 5.41) is 5.39. The van der Waals surface area contributed by atoms with E-state index in [1.54, 1.807) is 6.92 Å². The van der Waals surface area contributed by atoms with Crippen LogP contribution in [0, 0.1) is 0 Å². The number of aromatic nitrogens is 2. The van der Waals surface area contributed by atoms with Crippen molar-refractivity contribution in [2.45, 2.75) is 24.4 Å². The number of nitrogens with zero attached hydrogens (tertiary/aromatic N) is 3. The molecule has 3 rings (SSSR count). The third-order valence-corrected chi connectivity index (χ3v) is 7.99. The number of sulfone groups is 1. The second kappa shape index (κ2) is 8.53. The quantitative estimate of drug-likeness (QED) is 0.516. The molecule has 0 saturated carbocycles. The first-order valence-electron chi connectivity index (χ1n) is 8.46. The van der Waals surface area contributed by atoms with E-state index >= 15 is 0 Å². The zero-order valence-corrected chi connectivity index (χ0v) is 17.2. The molecule has 1 aliphatic rings. The number of hydrogen-bond acceptors (Lipinski definition) is 8. The van der Waals surface area contributed by atoms with Crippen LogP contribution in [0.15, 0.2) is 22.8 Å². The largest absolute Gasteiger partial charge is 0.351 e. The fourth-order valence-corrected chi connectivity index (χ4v) is 6.34. The molecule has 27 heavy (non-hydrogen) atoms. The van der Waals surface area contributed by atoms with E-state index in [1.165, 1.54) is 34.3 Å². The summed E-state index contributed by atoms with van der Waals surface area (Å²) >= 11 is 2.85. The molecule has 0 unspecified atom stereocenters. The third-order valence-electron chi connectivity index (χ3n) is 4.21. The van der Waals surface area contributed by atoms with E-state index in [0.29, 0.717) is 13.0 Å². The van der Waals surface area contributed by atoms with Crippen molar-refractivity contribution in [3.63, 3.8) is 0 Å². The second-order valence-corrected chi connectivity index (χ2v) is 10.3. The average molecular weight is 429 g/mol. The van der Waals surface area contributed by atoms with Gasteiger partial charge in [0.05, 0.1) is 34.0 Å². The van der Waals surface area contributed by atoms with Gasteiger partial charge in [0.2, 0.25) is 11.8 Å². The van der Waals surface area contributed by atoms with Crippen molar-refractivity contribution < 1.29 is 18.0 Å². The van der Waals surface area contributed by atoms with E-state index in [-0.39, 0.29) is 41.7 Å². The fourth-order valence-electron chi connectivity index (χ4n) is 2.82. The van der Waals surface area contributed by atoms with Crippen LogP contribution in [-0.2, 0) is 19.4 Å². The van der Waals surface area contributed by atoms with Gasteiger partial charge in [-0.3, -0.25) is 9.59 Å². The zero-order valence-electron chi connectivity index (χ0n) is 14.8. The lowest BCUT2D eigenvalue weighted by atomic mass is 10.2. The predicted octanol–water partition coefficient (Wildman–Crippen LogP) is 0.935. The number of amides is 2. The molecule has 0 bridgehead atoms. The Kier molecular flexibility index (Phi) is 6.33. The van der Waals surface area contributed by atoms with Gasteiger partial charge in [0, 0.05) is 12.6 Å². The topological polar surface area (TPSA) is 109 Å². The molecular formula is C16H20N4O4S3. The van der Waals surface area contributed by atoms with Crippen LogP contribution in [-0.4, -0.2) is 71.5 Å². The fraction of sp³-hybridized carbons (Fsp3) is 0.500. The van der Waals surface area contributed by atoms with Gasteiger partial charge in [-0.1, -0.05) is 11.8 Å². The van der Waals surface area contributed by atoms with Crippen molar-refractivity contribution in [1.82, 2.24) is 20.2 Å². The summed E-state index contributed by atoms with van der Waals surface area (Å²) in [6.07, 6.45) is 1.90. The van der Waals surface area contributed by atoms with Crippen LogP contribution in [0.5, 0.6) is 0 Å². The van der Waals surface area contributed by atoms with Gasteiger partial charge >= 0.3 is 0 Å². The minimum Gasteiger partial charge on any atom is -0.351 e. The first-order chi connectivity index (χ1) is 12.9. The first-order valence-corrected chi connectivity index (χ1v) is 12.1. The summed E-state index contributed by atoms with van der Waals surface area (Å²) < 4.78 is 23.9. The van der Waals surface area contributed by atoms with Crippen molar-refractivity contribution in [2.24, 2.45) is 0 Å². The van der Waals surface area contributed by atoms with E-state index in [0.717, 1.165) is 15.2 Å². The van der Waals surface area contributed by atoms with Crippen molar-refractivity contribution >= 4 is 55.0 Å². The Bertz CT molecular complexity index is 944. The molecule has 2 amide bonds. The number of hydrogen-bond donors (Lipinski definition) is 1. The molecule has 2 aromatic heterocycles. The molecule has 0 aliphatic carbocycles. The highest BCUT2D eigenvalue weighted by Crippen LogP contribution is 2.28. The molecule has 8 nitrogen and oxygen atoms in total. The summed E-state index contributed by atoms with van der Waals surface area (Å²) in [4.78, 5) is 34.5. The van der Waals surface area contributed by atoms with Crippen LogP contribution < -0.4 is 5.32 Å². The highest BCUT2D eigenvalue weighted by molar-refractivity contribution is 8.00. The number of nitrogens with one attached hydrogen (secondary N) is 1. The number of fused-ring (bicyclic) bond motifs is 1. The maximum Gasteiger partial charge on any atom is 0.239 e. The number of thiophene rings is 1. The lowest BCUT2D eigenvalue weighted by molar-refractivity contribution is -0.134. The van der Waals surface area contributed by atoms with E-state index in [2.05, 4.69) is 15.3 Å². The summed E-state index contributed by atoms with van der Waals surface area (Å²) in [5.41, 5.74) is 0.850. The van der Waals surface area contributed by atoms with E-state index in [1.807, 2.05) is 11.4 Å². The highest BCUT2D eigenvalue weighted by atomic mass is 32.2. The summed E-state index contributed by atoms with van der Waals surface area (Å²) in [7, 11) is -3.05. The molecule has 1 atom stereocenters. The Morgan fingerprint density at radius 1 is 1.41 bits per heavy atom. The van der Waals surface area contributed by atoms with Crippen LogP contribution in [0.4, 0.5) is 0 Å². The molecule has 2 aromatic rings. The number of carbonyl (C=O) groups excluding carboxylic acids is 2. The van der Waals surface area contributed by atoms with E-state index in [9.17, 15) is 18.0 Å². The molecule has 0 spiro atoms. The third kappa shape index (κ3) is 5.17. The number of thioether (sulfide) groups is 1.